The predicted molar refractivity (Wildman–Crippen MR) is 158 cm³/mol. The molecule has 216 valence electrons. The van der Waals surface area contributed by atoms with E-state index < -0.39 is 22.0 Å². The second kappa shape index (κ2) is 13.5. The van der Waals surface area contributed by atoms with Crippen LogP contribution in [0.5, 0.6) is 0 Å². The summed E-state index contributed by atoms with van der Waals surface area (Å²) in [4.78, 5) is 41.5. The number of sulfonamides is 1. The number of benzene rings is 3. The number of halogens is 2. The summed E-state index contributed by atoms with van der Waals surface area (Å²) >= 11 is 12.3. The maximum atomic E-state index is 13.8. The molecule has 0 unspecified atom stereocenters. The molecule has 1 atom stereocenters. The summed E-state index contributed by atoms with van der Waals surface area (Å²) in [6.45, 7) is 2.32. The summed E-state index contributed by atoms with van der Waals surface area (Å²) in [6, 6.07) is 19.6. The second-order valence-electron chi connectivity index (χ2n) is 9.75. The van der Waals surface area contributed by atoms with Gasteiger partial charge in [-0.3, -0.25) is 14.4 Å². The van der Waals surface area contributed by atoms with Crippen molar-refractivity contribution in [2.75, 3.05) is 13.1 Å². The van der Waals surface area contributed by atoms with Crippen LogP contribution in [-0.2, 0) is 32.6 Å². The van der Waals surface area contributed by atoms with Gasteiger partial charge in [-0.25, -0.2) is 12.7 Å². The molecule has 1 aliphatic rings. The highest BCUT2D eigenvalue weighted by Gasteiger charge is 2.40. The molecule has 3 aromatic carbocycles. The van der Waals surface area contributed by atoms with Crippen LogP contribution in [0.1, 0.15) is 47.7 Å². The molecule has 1 heterocycles. The molecular formula is C30H31Cl2N3O5S. The van der Waals surface area contributed by atoms with E-state index in [4.69, 9.17) is 23.2 Å². The Balaban J connectivity index is 1.57. The summed E-state index contributed by atoms with van der Waals surface area (Å²) in [5.74, 6) is -1.26. The fourth-order valence-corrected chi connectivity index (χ4v) is 6.65. The van der Waals surface area contributed by atoms with Gasteiger partial charge < -0.3 is 10.2 Å². The van der Waals surface area contributed by atoms with Crippen LogP contribution in [0.15, 0.2) is 77.7 Å². The number of hydrogen-bond donors (Lipinski definition) is 1. The lowest BCUT2D eigenvalue weighted by molar-refractivity contribution is -0.141. The molecule has 11 heteroatoms. The summed E-state index contributed by atoms with van der Waals surface area (Å²) < 4.78 is 26.7. The first-order valence-corrected chi connectivity index (χ1v) is 15.5. The van der Waals surface area contributed by atoms with E-state index in [1.807, 2.05) is 37.3 Å². The van der Waals surface area contributed by atoms with Gasteiger partial charge in [0.2, 0.25) is 11.8 Å². The Labute approximate surface area is 250 Å². The molecule has 4 rings (SSSR count). The van der Waals surface area contributed by atoms with Crippen molar-refractivity contribution in [1.82, 2.24) is 14.5 Å². The zero-order valence-corrected chi connectivity index (χ0v) is 24.9. The number of hydrogen-bond acceptors (Lipinski definition) is 5. The lowest BCUT2D eigenvalue weighted by Crippen LogP contribution is -2.50. The van der Waals surface area contributed by atoms with Crippen LogP contribution in [-0.4, -0.2) is 54.5 Å². The predicted octanol–water partition coefficient (Wildman–Crippen LogP) is 5.08. The van der Waals surface area contributed by atoms with Crippen molar-refractivity contribution in [2.24, 2.45) is 0 Å². The minimum absolute atomic E-state index is 0.0342. The van der Waals surface area contributed by atoms with E-state index in [0.717, 1.165) is 16.3 Å². The van der Waals surface area contributed by atoms with Crippen molar-refractivity contribution >= 4 is 50.9 Å². The molecule has 3 aromatic rings. The molecule has 0 radical (unpaired) electrons. The van der Waals surface area contributed by atoms with Crippen molar-refractivity contribution in [2.45, 2.75) is 50.1 Å². The average Bonchev–Trinajstić information content (AvgIpc) is 3.16. The Morgan fingerprint density at radius 1 is 0.951 bits per heavy atom. The zero-order valence-electron chi connectivity index (χ0n) is 22.6. The first-order valence-electron chi connectivity index (χ1n) is 13.3. The van der Waals surface area contributed by atoms with Crippen molar-refractivity contribution in [3.63, 3.8) is 0 Å². The number of nitrogens with zero attached hydrogens (tertiary/aromatic N) is 2. The first kappa shape index (κ1) is 30.6. The third kappa shape index (κ3) is 7.09. The molecular weight excluding hydrogens is 585 g/mol. The highest BCUT2D eigenvalue weighted by atomic mass is 35.5. The van der Waals surface area contributed by atoms with Gasteiger partial charge in [0.15, 0.2) is 0 Å². The fourth-order valence-electron chi connectivity index (χ4n) is 4.72. The zero-order chi connectivity index (χ0) is 29.6. The third-order valence-electron chi connectivity index (χ3n) is 6.82. The van der Waals surface area contributed by atoms with E-state index in [2.05, 4.69) is 5.32 Å². The normalized spacial score (nSPS) is 14.4. The fraction of sp³-hybridized carbons (Fsp3) is 0.300. The number of rotatable bonds is 12. The van der Waals surface area contributed by atoms with Crippen LogP contribution in [0.2, 0.25) is 10.0 Å². The molecule has 0 saturated carbocycles. The summed E-state index contributed by atoms with van der Waals surface area (Å²) in [5.41, 5.74) is 1.68. The topological polar surface area (TPSA) is 104 Å². The van der Waals surface area contributed by atoms with Crippen molar-refractivity contribution in [3.8, 4) is 0 Å². The van der Waals surface area contributed by atoms with Crippen LogP contribution in [0.3, 0.4) is 0 Å². The van der Waals surface area contributed by atoms with Gasteiger partial charge in [0.25, 0.3) is 15.9 Å². The van der Waals surface area contributed by atoms with Crippen LogP contribution in [0, 0.1) is 0 Å². The maximum Gasteiger partial charge on any atom is 0.269 e. The highest BCUT2D eigenvalue weighted by Crippen LogP contribution is 2.30. The van der Waals surface area contributed by atoms with Gasteiger partial charge in [-0.1, -0.05) is 78.7 Å². The molecule has 0 fully saturated rings. The van der Waals surface area contributed by atoms with Crippen molar-refractivity contribution in [3.05, 3.63) is 99.5 Å². The molecule has 0 aliphatic carbocycles. The van der Waals surface area contributed by atoms with Crippen LogP contribution in [0.25, 0.3) is 0 Å². The van der Waals surface area contributed by atoms with E-state index in [9.17, 15) is 22.8 Å². The summed E-state index contributed by atoms with van der Waals surface area (Å²) in [6.07, 6.45) is 1.01. The van der Waals surface area contributed by atoms with Gasteiger partial charge >= 0.3 is 0 Å². The van der Waals surface area contributed by atoms with Crippen LogP contribution >= 0.6 is 23.2 Å². The number of carbonyl (C=O) groups is 3. The number of amides is 3. The van der Waals surface area contributed by atoms with Gasteiger partial charge in [0, 0.05) is 32.5 Å². The van der Waals surface area contributed by atoms with E-state index >= 15 is 0 Å². The largest absolute Gasteiger partial charge is 0.354 e. The Morgan fingerprint density at radius 2 is 1.66 bits per heavy atom. The van der Waals surface area contributed by atoms with Crippen molar-refractivity contribution < 1.29 is 22.8 Å². The lowest BCUT2D eigenvalue weighted by atomic mass is 10.0. The van der Waals surface area contributed by atoms with Crippen LogP contribution < -0.4 is 5.32 Å². The van der Waals surface area contributed by atoms with Crippen molar-refractivity contribution in [1.29, 1.82) is 0 Å². The van der Waals surface area contributed by atoms with Gasteiger partial charge in [0.05, 0.1) is 15.6 Å². The Hall–Kier alpha value is -3.40. The Morgan fingerprint density at radius 3 is 2.34 bits per heavy atom. The quantitative estimate of drug-likeness (QED) is 0.306. The molecule has 8 nitrogen and oxygen atoms in total. The second-order valence-corrected chi connectivity index (χ2v) is 12.4. The summed E-state index contributed by atoms with van der Waals surface area (Å²) in [7, 11) is -3.98. The molecule has 0 aromatic heterocycles. The van der Waals surface area contributed by atoms with Gasteiger partial charge in [0.1, 0.15) is 10.9 Å². The Bertz CT molecular complexity index is 1530. The average molecular weight is 617 g/mol. The standard InChI is InChI=1S/C30H31Cl2N3O5S/c1-2-16-33-29(37)26(19-21-9-4-3-5-10-21)34(20-22-14-15-24(31)25(32)18-22)28(36)13-8-17-35-30(38)23-11-6-7-12-27(23)41(35,39)40/h3-7,9-12,14-15,18,26H,2,8,13,16-17,19-20H2,1H3,(H,33,37)/t26-/m0/s1. The highest BCUT2D eigenvalue weighted by molar-refractivity contribution is 7.90. The first-order chi connectivity index (χ1) is 19.6. The minimum atomic E-state index is -3.98. The van der Waals surface area contributed by atoms with Gasteiger partial charge in [-0.05, 0) is 48.2 Å². The summed E-state index contributed by atoms with van der Waals surface area (Å²) in [5, 5.41) is 3.60. The molecule has 1 aliphatic heterocycles. The van der Waals surface area contributed by atoms with Crippen LogP contribution in [0.4, 0.5) is 0 Å². The number of fused-ring (bicyclic) bond motifs is 1. The molecule has 1 N–H and O–H groups in total. The minimum Gasteiger partial charge on any atom is -0.354 e. The Kier molecular flexibility index (Phi) is 10.1. The van der Waals surface area contributed by atoms with E-state index in [-0.39, 0.29) is 54.6 Å². The van der Waals surface area contributed by atoms with E-state index in [1.54, 1.807) is 30.3 Å². The molecule has 0 saturated heterocycles. The third-order valence-corrected chi connectivity index (χ3v) is 9.40. The van der Waals surface area contributed by atoms with E-state index in [1.165, 1.54) is 17.0 Å². The molecule has 3 amide bonds. The number of carbonyl (C=O) groups excluding carboxylic acids is 3. The monoisotopic (exact) mass is 615 g/mol. The SMILES string of the molecule is CCCNC(=O)[C@H](Cc1ccccc1)N(Cc1ccc(Cl)c(Cl)c1)C(=O)CCCN1C(=O)c2ccccc2S1(=O)=O. The number of nitrogens with one attached hydrogen (secondary N) is 1. The van der Waals surface area contributed by atoms with Gasteiger partial charge in [-0.15, -0.1) is 0 Å². The smallest absolute Gasteiger partial charge is 0.269 e. The van der Waals surface area contributed by atoms with Gasteiger partial charge in [-0.2, -0.15) is 0 Å². The lowest BCUT2D eigenvalue weighted by Gasteiger charge is -2.32. The molecule has 0 bridgehead atoms. The van der Waals surface area contributed by atoms with E-state index in [0.29, 0.717) is 22.2 Å². The molecule has 0 spiro atoms. The molecule has 41 heavy (non-hydrogen) atoms. The maximum absolute atomic E-state index is 13.8.